The molecular formula is C8H8BrNO2. The van der Waals surface area contributed by atoms with Gasteiger partial charge in [0.1, 0.15) is 0 Å². The first-order valence-corrected chi connectivity index (χ1v) is 4.11. The molecule has 1 aromatic heterocycles. The zero-order chi connectivity index (χ0) is 9.14. The molecule has 0 spiro atoms. The number of rotatable bonds is 3. The average molecular weight is 230 g/mol. The molecule has 0 bridgehead atoms. The van der Waals surface area contributed by atoms with Crippen LogP contribution in [0.4, 0.5) is 0 Å². The van der Waals surface area contributed by atoms with E-state index in [9.17, 15) is 4.79 Å². The van der Waals surface area contributed by atoms with E-state index in [2.05, 4.69) is 22.5 Å². The molecule has 0 aromatic carbocycles. The molecule has 0 fully saturated rings. The second kappa shape index (κ2) is 3.58. The second-order valence-electron chi connectivity index (χ2n) is 2.39. The van der Waals surface area contributed by atoms with Crippen LogP contribution in [0.25, 0.3) is 0 Å². The largest absolute Gasteiger partial charge is 0.478 e. The van der Waals surface area contributed by atoms with Gasteiger partial charge in [-0.15, -0.1) is 0 Å². The number of carboxylic acids is 1. The lowest BCUT2D eigenvalue weighted by Crippen LogP contribution is -1.95. The van der Waals surface area contributed by atoms with Crippen molar-refractivity contribution in [2.75, 3.05) is 0 Å². The maximum absolute atomic E-state index is 10.5. The van der Waals surface area contributed by atoms with Crippen LogP contribution < -0.4 is 0 Å². The van der Waals surface area contributed by atoms with Gasteiger partial charge in [-0.3, -0.25) is 0 Å². The zero-order valence-corrected chi connectivity index (χ0v) is 7.91. The van der Waals surface area contributed by atoms with E-state index in [-0.39, 0.29) is 0 Å². The summed E-state index contributed by atoms with van der Waals surface area (Å²) >= 11 is 3.19. The van der Waals surface area contributed by atoms with Gasteiger partial charge < -0.3 is 9.67 Å². The minimum absolute atomic E-state index is 0.295. The van der Waals surface area contributed by atoms with Crippen LogP contribution in [0.5, 0.6) is 0 Å². The van der Waals surface area contributed by atoms with Crippen molar-refractivity contribution in [2.45, 2.75) is 6.54 Å². The highest BCUT2D eigenvalue weighted by Gasteiger charge is 2.03. The molecule has 0 aliphatic rings. The molecule has 0 saturated carbocycles. The van der Waals surface area contributed by atoms with Gasteiger partial charge in [-0.25, -0.2) is 4.79 Å². The lowest BCUT2D eigenvalue weighted by molar-refractivity contribution is 0.0697. The first kappa shape index (κ1) is 9.06. The van der Waals surface area contributed by atoms with E-state index in [0.717, 1.165) is 4.48 Å². The summed E-state index contributed by atoms with van der Waals surface area (Å²) in [4.78, 5) is 10.5. The molecule has 3 nitrogen and oxygen atoms in total. The van der Waals surface area contributed by atoms with Crippen LogP contribution in [-0.2, 0) is 6.54 Å². The normalized spacial score (nSPS) is 9.75. The first-order chi connectivity index (χ1) is 5.59. The Hall–Kier alpha value is -1.03. The van der Waals surface area contributed by atoms with Gasteiger partial charge in [0.25, 0.3) is 0 Å². The minimum Gasteiger partial charge on any atom is -0.478 e. The van der Waals surface area contributed by atoms with Crippen molar-refractivity contribution in [3.8, 4) is 0 Å². The first-order valence-electron chi connectivity index (χ1n) is 3.32. The third kappa shape index (κ3) is 2.23. The fourth-order valence-electron chi connectivity index (χ4n) is 0.864. The van der Waals surface area contributed by atoms with Crippen LogP contribution in [0.15, 0.2) is 29.5 Å². The Labute approximate surface area is 78.4 Å². The number of hydrogen-bond acceptors (Lipinski definition) is 1. The SMILES string of the molecule is C=C(Br)Cn1ccc(C(=O)O)c1. The van der Waals surface area contributed by atoms with Crippen molar-refractivity contribution in [3.05, 3.63) is 35.1 Å². The standard InChI is InChI=1S/C8H8BrNO2/c1-6(9)4-10-3-2-7(5-10)8(11)12/h2-3,5H,1,4H2,(H,11,12). The summed E-state index contributed by atoms with van der Waals surface area (Å²) in [6.45, 7) is 4.24. The summed E-state index contributed by atoms with van der Waals surface area (Å²) in [5, 5.41) is 8.58. The maximum atomic E-state index is 10.5. The average Bonchev–Trinajstić information content (AvgIpc) is 2.34. The van der Waals surface area contributed by atoms with Crippen molar-refractivity contribution in [1.29, 1.82) is 0 Å². The summed E-state index contributed by atoms with van der Waals surface area (Å²) in [5.41, 5.74) is 0.295. The molecule has 1 aromatic rings. The Morgan fingerprint density at radius 1 is 1.75 bits per heavy atom. The van der Waals surface area contributed by atoms with Gasteiger partial charge in [0.05, 0.1) is 12.1 Å². The van der Waals surface area contributed by atoms with Crippen LogP contribution in [0.2, 0.25) is 0 Å². The minimum atomic E-state index is -0.908. The van der Waals surface area contributed by atoms with Crippen molar-refractivity contribution < 1.29 is 9.90 Å². The molecule has 0 aliphatic heterocycles. The van der Waals surface area contributed by atoms with Crippen LogP contribution in [-0.4, -0.2) is 15.6 Å². The number of aromatic nitrogens is 1. The Morgan fingerprint density at radius 3 is 2.83 bits per heavy atom. The number of carbonyl (C=O) groups is 1. The van der Waals surface area contributed by atoms with Crippen LogP contribution >= 0.6 is 15.9 Å². The number of halogens is 1. The highest BCUT2D eigenvalue weighted by Crippen LogP contribution is 2.07. The number of hydrogen-bond donors (Lipinski definition) is 1. The molecule has 1 heterocycles. The maximum Gasteiger partial charge on any atom is 0.337 e. The van der Waals surface area contributed by atoms with Gasteiger partial charge in [-0.05, 0) is 6.07 Å². The molecule has 64 valence electrons. The quantitative estimate of drug-likeness (QED) is 0.863. The third-order valence-corrected chi connectivity index (χ3v) is 1.60. The zero-order valence-electron chi connectivity index (χ0n) is 6.33. The highest BCUT2D eigenvalue weighted by molar-refractivity contribution is 9.11. The van der Waals surface area contributed by atoms with E-state index < -0.39 is 5.97 Å². The summed E-state index contributed by atoms with van der Waals surface area (Å²) in [6.07, 6.45) is 3.27. The lowest BCUT2D eigenvalue weighted by atomic mass is 10.4. The monoisotopic (exact) mass is 229 g/mol. The van der Waals surface area contributed by atoms with E-state index in [1.807, 2.05) is 0 Å². The molecule has 0 unspecified atom stereocenters. The van der Waals surface area contributed by atoms with E-state index in [0.29, 0.717) is 12.1 Å². The molecule has 0 radical (unpaired) electrons. The van der Waals surface area contributed by atoms with Gasteiger partial charge in [-0.1, -0.05) is 22.5 Å². The summed E-state index contributed by atoms with van der Waals surface area (Å²) < 4.78 is 2.57. The Balaban J connectivity index is 2.77. The topological polar surface area (TPSA) is 42.2 Å². The van der Waals surface area contributed by atoms with Gasteiger partial charge in [0.2, 0.25) is 0 Å². The van der Waals surface area contributed by atoms with Crippen molar-refractivity contribution in [1.82, 2.24) is 4.57 Å². The second-order valence-corrected chi connectivity index (χ2v) is 3.52. The number of nitrogens with zero attached hydrogens (tertiary/aromatic N) is 1. The molecule has 4 heteroatoms. The molecular weight excluding hydrogens is 222 g/mol. The summed E-state index contributed by atoms with van der Waals surface area (Å²) in [7, 11) is 0. The Morgan fingerprint density at radius 2 is 2.42 bits per heavy atom. The number of carboxylic acid groups (broad SMARTS) is 1. The lowest BCUT2D eigenvalue weighted by Gasteiger charge is -1.97. The van der Waals surface area contributed by atoms with Crippen LogP contribution in [0, 0.1) is 0 Å². The molecule has 12 heavy (non-hydrogen) atoms. The molecule has 0 saturated heterocycles. The Kier molecular flexibility index (Phi) is 2.70. The molecule has 1 rings (SSSR count). The molecule has 0 aliphatic carbocycles. The Bertz CT molecular complexity index is 317. The van der Waals surface area contributed by atoms with Gasteiger partial charge in [-0.2, -0.15) is 0 Å². The van der Waals surface area contributed by atoms with Crippen LogP contribution in [0.3, 0.4) is 0 Å². The highest BCUT2D eigenvalue weighted by atomic mass is 79.9. The summed E-state index contributed by atoms with van der Waals surface area (Å²) in [5.74, 6) is -0.908. The molecule has 0 amide bonds. The van der Waals surface area contributed by atoms with Gasteiger partial charge in [0.15, 0.2) is 0 Å². The molecule has 1 N–H and O–H groups in total. The fourth-order valence-corrected chi connectivity index (χ4v) is 1.15. The number of aromatic carboxylic acids is 1. The smallest absolute Gasteiger partial charge is 0.337 e. The van der Waals surface area contributed by atoms with Crippen LogP contribution in [0.1, 0.15) is 10.4 Å². The van der Waals surface area contributed by atoms with Crippen molar-refractivity contribution in [3.63, 3.8) is 0 Å². The predicted molar refractivity (Wildman–Crippen MR) is 49.5 cm³/mol. The van der Waals surface area contributed by atoms with E-state index >= 15 is 0 Å². The third-order valence-electron chi connectivity index (χ3n) is 1.35. The van der Waals surface area contributed by atoms with E-state index in [1.54, 1.807) is 23.0 Å². The van der Waals surface area contributed by atoms with Gasteiger partial charge in [0, 0.05) is 16.9 Å². The predicted octanol–water partition coefficient (Wildman–Crippen LogP) is 2.09. The van der Waals surface area contributed by atoms with Crippen molar-refractivity contribution in [2.24, 2.45) is 0 Å². The fraction of sp³-hybridized carbons (Fsp3) is 0.125. The van der Waals surface area contributed by atoms with E-state index in [4.69, 9.17) is 5.11 Å². The molecule has 0 atom stereocenters. The van der Waals surface area contributed by atoms with Crippen molar-refractivity contribution >= 4 is 21.9 Å². The van der Waals surface area contributed by atoms with Gasteiger partial charge >= 0.3 is 5.97 Å². The number of allylic oxidation sites excluding steroid dienone is 1. The van der Waals surface area contributed by atoms with E-state index in [1.165, 1.54) is 0 Å². The summed E-state index contributed by atoms with van der Waals surface area (Å²) in [6, 6.07) is 1.55.